The Balaban J connectivity index is 1.31. The van der Waals surface area contributed by atoms with Crippen LogP contribution in [-0.4, -0.2) is 21.1 Å². The van der Waals surface area contributed by atoms with Gasteiger partial charge in [-0.05, 0) is 65.6 Å². The first-order valence-corrected chi connectivity index (χ1v) is 16.4. The molecule has 2 aromatic heterocycles. The Morgan fingerprint density at radius 1 is 1.00 bits per heavy atom. The van der Waals surface area contributed by atoms with Gasteiger partial charge in [-0.2, -0.15) is 5.26 Å². The highest BCUT2D eigenvalue weighted by Crippen LogP contribution is 2.45. The lowest BCUT2D eigenvalue weighted by molar-refractivity contribution is -0.387. The number of thiophene rings is 1. The quantitative estimate of drug-likeness (QED) is 0.0768. The second-order valence-corrected chi connectivity index (χ2v) is 14.2. The fourth-order valence-electron chi connectivity index (χ4n) is 5.58. The standard InChI is InChI=1S/C36H31N5O2S2/c1-36(2,3)26-15-16-27-28(21-37)34(44-33(27)19-26)38-22-23-14-17-32(31(18-23)41(42)43)45-35-39-29(24-10-6-4-7-11-24)20-30(40-35)25-12-8-5-9-13-25/h4-14,17-18,20,22,26H,15-16,19H2,1-3H3/t26-/m0/s1. The van der Waals surface area contributed by atoms with Crippen LogP contribution in [0.3, 0.4) is 0 Å². The molecular formula is C36H31N5O2S2. The number of nitriles is 1. The number of fused-ring (bicyclic) bond motifs is 1. The van der Waals surface area contributed by atoms with E-state index in [0.29, 0.717) is 32.1 Å². The predicted octanol–water partition coefficient (Wildman–Crippen LogP) is 9.70. The monoisotopic (exact) mass is 629 g/mol. The van der Waals surface area contributed by atoms with Gasteiger partial charge in [0.25, 0.3) is 5.69 Å². The van der Waals surface area contributed by atoms with E-state index in [2.05, 4.69) is 31.8 Å². The number of aliphatic imine (C=N–C) groups is 1. The van der Waals surface area contributed by atoms with Gasteiger partial charge in [0, 0.05) is 28.3 Å². The lowest BCUT2D eigenvalue weighted by atomic mass is 9.72. The van der Waals surface area contributed by atoms with E-state index in [1.807, 2.05) is 66.7 Å². The number of aromatic nitrogens is 2. The smallest absolute Gasteiger partial charge is 0.258 e. The van der Waals surface area contributed by atoms with Crippen LogP contribution < -0.4 is 0 Å². The molecular weight excluding hydrogens is 599 g/mol. The number of rotatable bonds is 7. The third-order valence-electron chi connectivity index (χ3n) is 8.14. The topological polar surface area (TPSA) is 105 Å². The van der Waals surface area contributed by atoms with Gasteiger partial charge in [0.05, 0.1) is 26.8 Å². The second-order valence-electron chi connectivity index (χ2n) is 12.1. The summed E-state index contributed by atoms with van der Waals surface area (Å²) in [6, 6.07) is 28.9. The molecule has 7 nitrogen and oxygen atoms in total. The van der Waals surface area contributed by atoms with Crippen molar-refractivity contribution in [3.63, 3.8) is 0 Å². The first-order chi connectivity index (χ1) is 21.7. The van der Waals surface area contributed by atoms with Gasteiger partial charge in [0.2, 0.25) is 0 Å². The van der Waals surface area contributed by atoms with Gasteiger partial charge in [-0.25, -0.2) is 15.0 Å². The highest BCUT2D eigenvalue weighted by molar-refractivity contribution is 7.99. The number of nitro benzene ring substituents is 1. The zero-order chi connectivity index (χ0) is 31.6. The summed E-state index contributed by atoms with van der Waals surface area (Å²) in [6.45, 7) is 6.80. The molecule has 0 saturated carbocycles. The van der Waals surface area contributed by atoms with E-state index in [0.717, 1.165) is 59.1 Å². The van der Waals surface area contributed by atoms with Crippen LogP contribution in [0.1, 0.15) is 48.8 Å². The highest BCUT2D eigenvalue weighted by Gasteiger charge is 2.32. The number of benzene rings is 3. The Morgan fingerprint density at radius 3 is 2.22 bits per heavy atom. The second kappa shape index (κ2) is 12.8. The minimum atomic E-state index is -0.393. The van der Waals surface area contributed by atoms with Gasteiger partial charge >= 0.3 is 0 Å². The molecule has 9 heteroatoms. The van der Waals surface area contributed by atoms with Gasteiger partial charge in [-0.1, -0.05) is 87.5 Å². The van der Waals surface area contributed by atoms with Gasteiger partial charge in [-0.3, -0.25) is 10.1 Å². The van der Waals surface area contributed by atoms with Crippen LogP contribution in [0.25, 0.3) is 22.5 Å². The lowest BCUT2D eigenvalue weighted by Gasteiger charge is -2.33. The Kier molecular flexibility index (Phi) is 8.61. The van der Waals surface area contributed by atoms with Crippen molar-refractivity contribution in [2.75, 3.05) is 0 Å². The molecule has 0 N–H and O–H groups in total. The van der Waals surface area contributed by atoms with E-state index in [-0.39, 0.29) is 11.1 Å². The molecule has 1 aliphatic rings. The molecule has 0 unspecified atom stereocenters. The number of nitro groups is 1. The molecule has 0 bridgehead atoms. The molecule has 1 atom stereocenters. The highest BCUT2D eigenvalue weighted by atomic mass is 32.2. The fraction of sp³-hybridized carbons (Fsp3) is 0.222. The molecule has 6 rings (SSSR count). The SMILES string of the molecule is CC(C)(C)[C@H]1CCc2c(sc(N=Cc3ccc(Sc4nc(-c5ccccc5)cc(-c5ccccc5)n4)c([N+](=O)[O-])c3)c2C#N)C1. The summed E-state index contributed by atoms with van der Waals surface area (Å²) in [7, 11) is 0. The Hall–Kier alpha value is -4.65. The average Bonchev–Trinajstić information content (AvgIpc) is 3.41. The summed E-state index contributed by atoms with van der Waals surface area (Å²) < 4.78 is 0. The van der Waals surface area contributed by atoms with Crippen LogP contribution in [0.2, 0.25) is 0 Å². The molecule has 1 aliphatic carbocycles. The lowest BCUT2D eigenvalue weighted by Crippen LogP contribution is -2.26. The summed E-state index contributed by atoms with van der Waals surface area (Å²) in [5.41, 5.74) is 5.80. The summed E-state index contributed by atoms with van der Waals surface area (Å²) in [5, 5.41) is 23.2. The van der Waals surface area contributed by atoms with E-state index in [4.69, 9.17) is 9.97 Å². The summed E-state index contributed by atoms with van der Waals surface area (Å²) in [4.78, 5) is 27.7. The molecule has 0 aliphatic heterocycles. The molecule has 3 aromatic carbocycles. The number of nitrogens with zero attached hydrogens (tertiary/aromatic N) is 5. The van der Waals surface area contributed by atoms with E-state index in [1.165, 1.54) is 10.9 Å². The molecule has 0 amide bonds. The number of hydrogen-bond acceptors (Lipinski definition) is 8. The van der Waals surface area contributed by atoms with Crippen LogP contribution in [0.5, 0.6) is 0 Å². The maximum Gasteiger partial charge on any atom is 0.283 e. The summed E-state index contributed by atoms with van der Waals surface area (Å²) >= 11 is 2.73. The van der Waals surface area contributed by atoms with E-state index >= 15 is 0 Å². The van der Waals surface area contributed by atoms with Crippen molar-refractivity contribution < 1.29 is 4.92 Å². The fourth-order valence-corrected chi connectivity index (χ4v) is 7.66. The Bertz CT molecular complexity index is 1880. The van der Waals surface area contributed by atoms with Crippen LogP contribution in [0, 0.1) is 32.8 Å². The maximum absolute atomic E-state index is 12.2. The minimum Gasteiger partial charge on any atom is -0.258 e. The van der Waals surface area contributed by atoms with Crippen molar-refractivity contribution >= 4 is 40.0 Å². The van der Waals surface area contributed by atoms with E-state index < -0.39 is 4.92 Å². The minimum absolute atomic E-state index is 0.0575. The molecule has 0 fully saturated rings. The third kappa shape index (κ3) is 6.72. The molecule has 0 radical (unpaired) electrons. The average molecular weight is 630 g/mol. The van der Waals surface area contributed by atoms with E-state index in [9.17, 15) is 15.4 Å². The number of hydrogen-bond donors (Lipinski definition) is 0. The molecule has 224 valence electrons. The molecule has 0 saturated heterocycles. The van der Waals surface area contributed by atoms with E-state index in [1.54, 1.807) is 29.7 Å². The van der Waals surface area contributed by atoms with Gasteiger partial charge < -0.3 is 0 Å². The van der Waals surface area contributed by atoms with Crippen molar-refractivity contribution in [2.45, 2.75) is 50.1 Å². The van der Waals surface area contributed by atoms with Crippen molar-refractivity contribution in [2.24, 2.45) is 16.3 Å². The molecule has 0 spiro atoms. The largest absolute Gasteiger partial charge is 0.283 e. The van der Waals surface area contributed by atoms with Gasteiger partial charge in [-0.15, -0.1) is 11.3 Å². The van der Waals surface area contributed by atoms with Gasteiger partial charge in [0.15, 0.2) is 5.16 Å². The van der Waals surface area contributed by atoms with Crippen LogP contribution in [0.4, 0.5) is 10.7 Å². The van der Waals surface area contributed by atoms with Crippen molar-refractivity contribution in [1.82, 2.24) is 9.97 Å². The molecule has 5 aromatic rings. The first-order valence-electron chi connectivity index (χ1n) is 14.7. The van der Waals surface area contributed by atoms with Crippen molar-refractivity contribution in [3.05, 3.63) is 117 Å². The first kappa shape index (κ1) is 30.4. The zero-order valence-corrected chi connectivity index (χ0v) is 26.9. The Labute approximate surface area is 270 Å². The Morgan fingerprint density at radius 2 is 1.64 bits per heavy atom. The molecule has 2 heterocycles. The van der Waals surface area contributed by atoms with Gasteiger partial charge in [0.1, 0.15) is 11.1 Å². The summed E-state index contributed by atoms with van der Waals surface area (Å²) in [6.07, 6.45) is 4.50. The molecule has 45 heavy (non-hydrogen) atoms. The normalized spacial score (nSPS) is 14.7. The zero-order valence-electron chi connectivity index (χ0n) is 25.2. The van der Waals surface area contributed by atoms with Crippen LogP contribution >= 0.6 is 23.1 Å². The van der Waals surface area contributed by atoms with Crippen LogP contribution in [-0.2, 0) is 12.8 Å². The van der Waals surface area contributed by atoms with Crippen molar-refractivity contribution in [1.29, 1.82) is 5.26 Å². The maximum atomic E-state index is 12.2. The summed E-state index contributed by atoms with van der Waals surface area (Å²) in [5.74, 6) is 0.556. The van der Waals surface area contributed by atoms with Crippen LogP contribution in [0.15, 0.2) is 100.0 Å². The van der Waals surface area contributed by atoms with Crippen molar-refractivity contribution in [3.8, 4) is 28.6 Å². The third-order valence-corrected chi connectivity index (χ3v) is 10.2. The predicted molar refractivity (Wildman–Crippen MR) is 181 cm³/mol.